The van der Waals surface area contributed by atoms with Crippen molar-refractivity contribution in [2.24, 2.45) is 0 Å². The van der Waals surface area contributed by atoms with E-state index in [1.807, 2.05) is 6.08 Å². The van der Waals surface area contributed by atoms with Gasteiger partial charge in [-0.3, -0.25) is 4.90 Å². The van der Waals surface area contributed by atoms with Gasteiger partial charge in [-0.25, -0.2) is 0 Å². The summed E-state index contributed by atoms with van der Waals surface area (Å²) in [7, 11) is 0. The van der Waals surface area contributed by atoms with Crippen LogP contribution in [-0.2, 0) is 12.6 Å². The molecule has 1 aliphatic heterocycles. The van der Waals surface area contributed by atoms with E-state index in [0.29, 0.717) is 10.4 Å². The van der Waals surface area contributed by atoms with Crippen LogP contribution in [0.5, 0.6) is 0 Å². The summed E-state index contributed by atoms with van der Waals surface area (Å²) in [4.78, 5) is 4.48. The predicted molar refractivity (Wildman–Crippen MR) is 66.4 cm³/mol. The smallest absolute Gasteiger partial charge is 0.412 e. The Morgan fingerprint density at radius 1 is 1.60 bits per heavy atom. The van der Waals surface area contributed by atoms with Gasteiger partial charge in [-0.05, 0) is 6.92 Å². The molecule has 15 heavy (non-hydrogen) atoms. The number of thiocarbonyl (C=S) groups is 1. The minimum atomic E-state index is 0. The Morgan fingerprint density at radius 3 is 2.60 bits per heavy atom. The largest absolute Gasteiger partial charge is 1.00 e. The minimum Gasteiger partial charge on any atom is -0.412 e. The van der Waals surface area contributed by atoms with E-state index in [4.69, 9.17) is 24.8 Å². The average Bonchev–Trinajstić information content (AvgIpc) is 2.08. The number of nitrogens with zero attached hydrogens (tertiary/aromatic N) is 2. The van der Waals surface area contributed by atoms with E-state index in [0.717, 1.165) is 26.2 Å². The molecule has 0 saturated carbocycles. The standard InChI is InChI=1S/C9H16N2S2.Na.H2O/c1-3-4-10-5-6-11(9(12)13)7-8(10)2;;/h3,8H,1,4-7H2,2H3,(H,12,13);;1H2/q;+1;/p-1. The Hall–Kier alpha value is 0.770. The first kappa shape index (κ1) is 18.1. The zero-order valence-electron chi connectivity index (χ0n) is 9.40. The van der Waals surface area contributed by atoms with Crippen molar-refractivity contribution >= 4 is 29.2 Å². The fourth-order valence-corrected chi connectivity index (χ4v) is 1.93. The fraction of sp³-hybridized carbons (Fsp3) is 0.667. The normalized spacial score (nSPS) is 21.1. The molecule has 1 rings (SSSR count). The van der Waals surface area contributed by atoms with Crippen molar-refractivity contribution < 1.29 is 35.0 Å². The van der Waals surface area contributed by atoms with Gasteiger partial charge in [0.2, 0.25) is 0 Å². The van der Waals surface area contributed by atoms with E-state index in [1.165, 1.54) is 0 Å². The minimum absolute atomic E-state index is 0. The van der Waals surface area contributed by atoms with Crippen molar-refractivity contribution in [2.75, 3.05) is 26.2 Å². The molecule has 0 aliphatic carbocycles. The van der Waals surface area contributed by atoms with Gasteiger partial charge in [-0.2, -0.15) is 0 Å². The van der Waals surface area contributed by atoms with E-state index in [2.05, 4.69) is 23.3 Å². The van der Waals surface area contributed by atoms with E-state index in [1.54, 1.807) is 0 Å². The molecule has 3 nitrogen and oxygen atoms in total. The molecule has 2 N–H and O–H groups in total. The summed E-state index contributed by atoms with van der Waals surface area (Å²) in [6.45, 7) is 9.84. The number of rotatable bonds is 2. The topological polar surface area (TPSA) is 38.0 Å². The zero-order chi connectivity index (χ0) is 9.84. The van der Waals surface area contributed by atoms with Crippen LogP contribution in [0.3, 0.4) is 0 Å². The molecule has 1 aliphatic rings. The first-order valence-corrected chi connectivity index (χ1v) is 5.27. The Bertz CT molecular complexity index is 216. The van der Waals surface area contributed by atoms with E-state index < -0.39 is 0 Å². The van der Waals surface area contributed by atoms with Gasteiger partial charge in [0.1, 0.15) is 0 Å². The van der Waals surface area contributed by atoms with Gasteiger partial charge in [-0.15, -0.1) is 6.58 Å². The maximum Gasteiger partial charge on any atom is 1.00 e. The second kappa shape index (κ2) is 8.87. The van der Waals surface area contributed by atoms with Gasteiger partial charge < -0.3 is 35.2 Å². The molecule has 1 saturated heterocycles. The van der Waals surface area contributed by atoms with Crippen molar-refractivity contribution in [3.05, 3.63) is 12.7 Å². The zero-order valence-corrected chi connectivity index (χ0v) is 13.0. The van der Waals surface area contributed by atoms with E-state index >= 15 is 0 Å². The summed E-state index contributed by atoms with van der Waals surface area (Å²) in [6.07, 6.45) is 1.94. The first-order valence-electron chi connectivity index (χ1n) is 4.46. The number of hydrogen-bond donors (Lipinski definition) is 0. The molecule has 1 fully saturated rings. The third-order valence-corrected chi connectivity index (χ3v) is 2.90. The Labute approximate surface area is 125 Å². The van der Waals surface area contributed by atoms with Crippen LogP contribution in [0, 0.1) is 0 Å². The monoisotopic (exact) mass is 256 g/mol. The maximum absolute atomic E-state index is 4.97. The molecule has 0 amide bonds. The molecule has 6 heteroatoms. The molecular formula is C9H17N2NaOS2. The van der Waals surface area contributed by atoms with Gasteiger partial charge in [0.15, 0.2) is 0 Å². The van der Waals surface area contributed by atoms with Crippen LogP contribution in [0.4, 0.5) is 0 Å². The maximum atomic E-state index is 4.97. The quantitative estimate of drug-likeness (QED) is 0.231. The fourth-order valence-electron chi connectivity index (χ4n) is 1.60. The van der Waals surface area contributed by atoms with Gasteiger partial charge in [0.25, 0.3) is 0 Å². The van der Waals surface area contributed by atoms with Crippen LogP contribution in [-0.4, -0.2) is 51.8 Å². The van der Waals surface area contributed by atoms with Gasteiger partial charge in [-0.1, -0.05) is 10.4 Å². The molecule has 1 unspecified atom stereocenters. The first-order chi connectivity index (χ1) is 6.15. The van der Waals surface area contributed by atoms with Crippen LogP contribution in [0.2, 0.25) is 0 Å². The van der Waals surface area contributed by atoms with Crippen molar-refractivity contribution in [3.8, 4) is 0 Å². The van der Waals surface area contributed by atoms with Crippen molar-refractivity contribution in [1.82, 2.24) is 9.80 Å². The average molecular weight is 256 g/mol. The Morgan fingerprint density at radius 2 is 2.20 bits per heavy atom. The van der Waals surface area contributed by atoms with Gasteiger partial charge >= 0.3 is 29.6 Å². The second-order valence-electron chi connectivity index (χ2n) is 3.34. The molecule has 0 spiro atoms. The molecule has 1 heterocycles. The third-order valence-electron chi connectivity index (χ3n) is 2.39. The summed E-state index contributed by atoms with van der Waals surface area (Å²) in [5.74, 6) is 0. The summed E-state index contributed by atoms with van der Waals surface area (Å²) in [5, 5.41) is 0. The van der Waals surface area contributed by atoms with Crippen LogP contribution < -0.4 is 29.6 Å². The van der Waals surface area contributed by atoms with Crippen LogP contribution >= 0.6 is 12.2 Å². The molecule has 82 valence electrons. The third kappa shape index (κ3) is 5.58. The summed E-state index contributed by atoms with van der Waals surface area (Å²) < 4.78 is 0.602. The SMILES string of the molecule is C=CCN1CCN(C(=S)[S-])CC1C.O.[Na+]. The molecular weight excluding hydrogens is 239 g/mol. The van der Waals surface area contributed by atoms with Crippen molar-refractivity contribution in [3.63, 3.8) is 0 Å². The van der Waals surface area contributed by atoms with Crippen LogP contribution in [0.1, 0.15) is 6.92 Å². The Kier molecular flexibility index (Phi) is 10.7. The van der Waals surface area contributed by atoms with E-state index in [9.17, 15) is 0 Å². The van der Waals surface area contributed by atoms with Gasteiger partial charge in [0.05, 0.1) is 0 Å². The van der Waals surface area contributed by atoms with Gasteiger partial charge in [0, 0.05) is 32.2 Å². The molecule has 1 atom stereocenters. The summed E-state index contributed by atoms with van der Waals surface area (Å²) >= 11 is 9.95. The number of piperazine rings is 1. The molecule has 0 bridgehead atoms. The molecule has 0 radical (unpaired) electrons. The molecule has 0 aromatic heterocycles. The molecule has 0 aromatic carbocycles. The molecule has 0 aromatic rings. The van der Waals surface area contributed by atoms with Crippen LogP contribution in [0.25, 0.3) is 0 Å². The van der Waals surface area contributed by atoms with E-state index in [-0.39, 0.29) is 35.0 Å². The van der Waals surface area contributed by atoms with Crippen molar-refractivity contribution in [1.29, 1.82) is 0 Å². The predicted octanol–water partition coefficient (Wildman–Crippen LogP) is -2.81. The second-order valence-corrected chi connectivity index (χ2v) is 4.38. The van der Waals surface area contributed by atoms with Crippen LogP contribution in [0.15, 0.2) is 12.7 Å². The summed E-state index contributed by atoms with van der Waals surface area (Å²) in [5.41, 5.74) is 0. The Balaban J connectivity index is 0. The number of hydrogen-bond acceptors (Lipinski definition) is 3. The summed E-state index contributed by atoms with van der Waals surface area (Å²) in [6, 6.07) is 0.521. The van der Waals surface area contributed by atoms with Crippen molar-refractivity contribution in [2.45, 2.75) is 13.0 Å².